The van der Waals surface area contributed by atoms with Gasteiger partial charge in [0.25, 0.3) is 6.43 Å². The number of rotatable bonds is 3. The summed E-state index contributed by atoms with van der Waals surface area (Å²) in [6, 6.07) is 1.72. The molecule has 0 aliphatic carbocycles. The molecule has 0 saturated carbocycles. The summed E-state index contributed by atoms with van der Waals surface area (Å²) in [7, 11) is 0. The van der Waals surface area contributed by atoms with Crippen molar-refractivity contribution in [2.45, 2.75) is 13.3 Å². The van der Waals surface area contributed by atoms with Gasteiger partial charge in [-0.25, -0.2) is 13.8 Å². The van der Waals surface area contributed by atoms with Crippen molar-refractivity contribution in [3.63, 3.8) is 0 Å². The van der Waals surface area contributed by atoms with Gasteiger partial charge in [0.2, 0.25) is 0 Å². The molecule has 0 aromatic carbocycles. The standard InChI is InChI=1S/C8H9ClF2N2/c1-5-2-3-12-8(7(5)9)13-4-6(10)11/h2-3,6H,4H2,1H3,(H,12,13). The first-order valence-electron chi connectivity index (χ1n) is 3.74. The number of nitrogens with one attached hydrogen (secondary N) is 1. The molecule has 0 aliphatic heterocycles. The van der Waals surface area contributed by atoms with Gasteiger partial charge in [-0.15, -0.1) is 0 Å². The fourth-order valence-corrected chi connectivity index (χ4v) is 1.02. The van der Waals surface area contributed by atoms with Crippen LogP contribution in [0, 0.1) is 6.92 Å². The summed E-state index contributed by atoms with van der Waals surface area (Å²) in [6.45, 7) is 1.35. The molecular formula is C8H9ClF2N2. The fourth-order valence-electron chi connectivity index (χ4n) is 0.837. The molecule has 1 heterocycles. The topological polar surface area (TPSA) is 24.9 Å². The van der Waals surface area contributed by atoms with Crippen molar-refractivity contribution >= 4 is 17.4 Å². The summed E-state index contributed by atoms with van der Waals surface area (Å²) in [5, 5.41) is 2.85. The predicted molar refractivity (Wildman–Crippen MR) is 48.5 cm³/mol. The monoisotopic (exact) mass is 206 g/mol. The lowest BCUT2D eigenvalue weighted by molar-refractivity contribution is 0.163. The molecular weight excluding hydrogens is 198 g/mol. The second kappa shape index (κ2) is 4.37. The number of hydrogen-bond acceptors (Lipinski definition) is 2. The summed E-state index contributed by atoms with van der Waals surface area (Å²) in [4.78, 5) is 3.83. The Morgan fingerprint density at radius 3 is 2.92 bits per heavy atom. The zero-order chi connectivity index (χ0) is 9.84. The van der Waals surface area contributed by atoms with E-state index in [1.54, 1.807) is 13.0 Å². The van der Waals surface area contributed by atoms with Gasteiger partial charge in [0.05, 0.1) is 11.6 Å². The molecule has 2 nitrogen and oxygen atoms in total. The Hall–Kier alpha value is -0.900. The van der Waals surface area contributed by atoms with E-state index >= 15 is 0 Å². The van der Waals surface area contributed by atoms with Crippen LogP contribution < -0.4 is 5.32 Å². The lowest BCUT2D eigenvalue weighted by Crippen LogP contribution is -2.11. The van der Waals surface area contributed by atoms with Crippen LogP contribution in [-0.2, 0) is 0 Å². The minimum Gasteiger partial charge on any atom is -0.363 e. The summed E-state index contributed by atoms with van der Waals surface area (Å²) in [5.41, 5.74) is 0.813. The Kier molecular flexibility index (Phi) is 3.42. The molecule has 72 valence electrons. The van der Waals surface area contributed by atoms with Gasteiger partial charge in [-0.3, -0.25) is 0 Å². The van der Waals surface area contributed by atoms with E-state index in [-0.39, 0.29) is 0 Å². The van der Waals surface area contributed by atoms with Crippen molar-refractivity contribution in [1.82, 2.24) is 4.98 Å². The quantitative estimate of drug-likeness (QED) is 0.823. The van der Waals surface area contributed by atoms with Crippen LogP contribution in [0.15, 0.2) is 12.3 Å². The van der Waals surface area contributed by atoms with Crippen LogP contribution in [0.4, 0.5) is 14.6 Å². The van der Waals surface area contributed by atoms with Crippen LogP contribution in [-0.4, -0.2) is 18.0 Å². The van der Waals surface area contributed by atoms with Crippen molar-refractivity contribution in [3.05, 3.63) is 22.8 Å². The summed E-state index contributed by atoms with van der Waals surface area (Å²) in [6.07, 6.45) is -0.881. The Labute approximate surface area is 79.9 Å². The Morgan fingerprint density at radius 1 is 1.62 bits per heavy atom. The minimum atomic E-state index is -2.40. The summed E-state index contributed by atoms with van der Waals surface area (Å²) in [5.74, 6) is 0.307. The van der Waals surface area contributed by atoms with E-state index in [1.807, 2.05) is 0 Å². The van der Waals surface area contributed by atoms with E-state index in [9.17, 15) is 8.78 Å². The van der Waals surface area contributed by atoms with Gasteiger partial charge < -0.3 is 5.32 Å². The maximum Gasteiger partial charge on any atom is 0.255 e. The van der Waals surface area contributed by atoms with Crippen molar-refractivity contribution in [2.24, 2.45) is 0 Å². The molecule has 0 bridgehead atoms. The first-order valence-corrected chi connectivity index (χ1v) is 4.12. The highest BCUT2D eigenvalue weighted by atomic mass is 35.5. The van der Waals surface area contributed by atoms with Crippen LogP contribution in [0.2, 0.25) is 5.02 Å². The molecule has 5 heteroatoms. The maximum absolute atomic E-state index is 11.8. The molecule has 0 aliphatic rings. The lowest BCUT2D eigenvalue weighted by Gasteiger charge is -2.07. The number of aryl methyl sites for hydroxylation is 1. The zero-order valence-electron chi connectivity index (χ0n) is 7.02. The summed E-state index contributed by atoms with van der Waals surface area (Å²) >= 11 is 5.81. The van der Waals surface area contributed by atoms with Crippen molar-refractivity contribution in [2.75, 3.05) is 11.9 Å². The van der Waals surface area contributed by atoms with Crippen LogP contribution in [0.25, 0.3) is 0 Å². The Balaban J connectivity index is 2.71. The van der Waals surface area contributed by atoms with Gasteiger partial charge in [0.15, 0.2) is 0 Å². The van der Waals surface area contributed by atoms with E-state index in [0.29, 0.717) is 10.8 Å². The molecule has 0 fully saturated rings. The number of aromatic nitrogens is 1. The fraction of sp³-hybridized carbons (Fsp3) is 0.375. The van der Waals surface area contributed by atoms with Gasteiger partial charge >= 0.3 is 0 Å². The third-order valence-corrected chi connectivity index (χ3v) is 1.98. The first kappa shape index (κ1) is 10.2. The number of nitrogens with zero attached hydrogens (tertiary/aromatic N) is 1. The molecule has 0 radical (unpaired) electrons. The number of hydrogen-bond donors (Lipinski definition) is 1. The molecule has 0 spiro atoms. The molecule has 1 N–H and O–H groups in total. The molecule has 1 aromatic heterocycles. The number of anilines is 1. The molecule has 0 unspecified atom stereocenters. The highest BCUT2D eigenvalue weighted by Crippen LogP contribution is 2.22. The van der Waals surface area contributed by atoms with Gasteiger partial charge in [-0.2, -0.15) is 0 Å². The molecule has 1 rings (SSSR count). The highest BCUT2D eigenvalue weighted by molar-refractivity contribution is 6.33. The third kappa shape index (κ3) is 2.81. The number of halogens is 3. The largest absolute Gasteiger partial charge is 0.363 e. The molecule has 0 atom stereocenters. The van der Waals surface area contributed by atoms with Crippen molar-refractivity contribution in [1.29, 1.82) is 0 Å². The molecule has 0 amide bonds. The predicted octanol–water partition coefficient (Wildman–Crippen LogP) is 2.72. The van der Waals surface area contributed by atoms with Gasteiger partial charge in [-0.05, 0) is 18.6 Å². The van der Waals surface area contributed by atoms with Crippen LogP contribution >= 0.6 is 11.6 Å². The van der Waals surface area contributed by atoms with E-state index in [4.69, 9.17) is 11.6 Å². The van der Waals surface area contributed by atoms with E-state index in [0.717, 1.165) is 5.56 Å². The van der Waals surface area contributed by atoms with Gasteiger partial charge in [-0.1, -0.05) is 11.6 Å². The van der Waals surface area contributed by atoms with Crippen LogP contribution in [0.3, 0.4) is 0 Å². The average Bonchev–Trinajstić information content (AvgIpc) is 2.07. The highest BCUT2D eigenvalue weighted by Gasteiger charge is 2.06. The lowest BCUT2D eigenvalue weighted by atomic mass is 10.3. The normalized spacial score (nSPS) is 10.5. The van der Waals surface area contributed by atoms with Gasteiger partial charge in [0.1, 0.15) is 5.82 Å². The van der Waals surface area contributed by atoms with E-state index in [2.05, 4.69) is 10.3 Å². The molecule has 1 aromatic rings. The van der Waals surface area contributed by atoms with Gasteiger partial charge in [0, 0.05) is 6.20 Å². The molecule has 13 heavy (non-hydrogen) atoms. The van der Waals surface area contributed by atoms with E-state index < -0.39 is 13.0 Å². The van der Waals surface area contributed by atoms with Crippen molar-refractivity contribution in [3.8, 4) is 0 Å². The second-order valence-electron chi connectivity index (χ2n) is 2.56. The van der Waals surface area contributed by atoms with Crippen LogP contribution in [0.1, 0.15) is 5.56 Å². The van der Waals surface area contributed by atoms with Crippen molar-refractivity contribution < 1.29 is 8.78 Å². The zero-order valence-corrected chi connectivity index (χ0v) is 7.78. The number of pyridine rings is 1. The third-order valence-electron chi connectivity index (χ3n) is 1.51. The SMILES string of the molecule is Cc1ccnc(NCC(F)F)c1Cl. The Morgan fingerprint density at radius 2 is 2.31 bits per heavy atom. The van der Waals surface area contributed by atoms with E-state index in [1.165, 1.54) is 6.20 Å². The first-order chi connectivity index (χ1) is 6.11. The summed E-state index contributed by atoms with van der Waals surface area (Å²) < 4.78 is 23.6. The Bertz CT molecular complexity index is 291. The second-order valence-corrected chi connectivity index (χ2v) is 2.94. The average molecular weight is 207 g/mol. The maximum atomic E-state index is 11.8. The smallest absolute Gasteiger partial charge is 0.255 e. The minimum absolute atomic E-state index is 0.307. The molecule has 0 saturated heterocycles. The van der Waals surface area contributed by atoms with Crippen LogP contribution in [0.5, 0.6) is 0 Å². The number of alkyl halides is 2.